The van der Waals surface area contributed by atoms with Crippen molar-refractivity contribution in [2.24, 2.45) is 4.99 Å². The fourth-order valence-electron chi connectivity index (χ4n) is 2.42. The quantitative estimate of drug-likeness (QED) is 0.320. The summed E-state index contributed by atoms with van der Waals surface area (Å²) in [6, 6.07) is 3.63. The Morgan fingerprint density at radius 2 is 2.06 bits per heavy atom. The zero-order valence-electron chi connectivity index (χ0n) is 20.7. The van der Waals surface area contributed by atoms with Crippen molar-refractivity contribution in [3.05, 3.63) is 60.9 Å². The number of hydrogen-bond acceptors (Lipinski definition) is 6. The van der Waals surface area contributed by atoms with Crippen LogP contribution in [0.1, 0.15) is 41.0 Å². The third kappa shape index (κ3) is 13.8. The van der Waals surface area contributed by atoms with Crippen LogP contribution in [-0.4, -0.2) is 60.5 Å². The van der Waals surface area contributed by atoms with Gasteiger partial charge in [-0.15, -0.1) is 24.9 Å². The molecule has 1 atom stereocenters. The molecule has 0 radical (unpaired) electrons. The predicted octanol–water partition coefficient (Wildman–Crippen LogP) is 5.36. The van der Waals surface area contributed by atoms with Crippen molar-refractivity contribution in [2.45, 2.75) is 47.1 Å². The van der Waals surface area contributed by atoms with Gasteiger partial charge in [-0.05, 0) is 25.3 Å². The molecule has 2 heterocycles. The monoisotopic (exact) mass is 462 g/mol. The van der Waals surface area contributed by atoms with E-state index in [1.54, 1.807) is 36.2 Å². The molecule has 1 aliphatic heterocycles. The topological polar surface area (TPSA) is 66.8 Å². The lowest BCUT2D eigenvalue weighted by Crippen LogP contribution is -2.56. The number of amides is 1. The molecule has 0 spiro atoms. The van der Waals surface area contributed by atoms with E-state index in [9.17, 15) is 4.79 Å². The van der Waals surface area contributed by atoms with Crippen LogP contribution in [0, 0.1) is 0 Å². The van der Waals surface area contributed by atoms with Crippen molar-refractivity contribution in [1.82, 2.24) is 15.2 Å². The van der Waals surface area contributed by atoms with Crippen LogP contribution in [0.2, 0.25) is 0 Å². The smallest absolute Gasteiger partial charge is 0.273 e. The number of ether oxygens (including phenoxy) is 1. The molecule has 6 nitrogen and oxygen atoms in total. The Kier molecular flexibility index (Phi) is 23.1. The standard InChI is InChI=1S/C18H24N4O2S.C3H6.2C2H6/c1-3-4-8-21-17(14-25-2)18(23)22-10-9-20-11-15(22)13-24-16-6-5-7-19-12-16;1-3-2;2*1-2/h3,5-8,12,14-15,20H,1,4,9-11,13H2,2H3;3H,1H2,2H3;2*1-2H3/b17-14-,21-8?;;;. The lowest BCUT2D eigenvalue weighted by Gasteiger charge is -2.36. The van der Waals surface area contributed by atoms with Crippen molar-refractivity contribution in [2.75, 3.05) is 32.5 Å². The molecule has 0 bridgehead atoms. The first-order valence-corrected chi connectivity index (χ1v) is 12.4. The summed E-state index contributed by atoms with van der Waals surface area (Å²) in [6.07, 6.45) is 11.1. The first-order valence-electron chi connectivity index (χ1n) is 11.2. The highest BCUT2D eigenvalue weighted by Gasteiger charge is 2.29. The van der Waals surface area contributed by atoms with E-state index in [2.05, 4.69) is 28.5 Å². The van der Waals surface area contributed by atoms with Crippen LogP contribution in [0.5, 0.6) is 5.75 Å². The van der Waals surface area contributed by atoms with Crippen LogP contribution >= 0.6 is 11.8 Å². The molecule has 32 heavy (non-hydrogen) atoms. The molecular weight excluding hydrogens is 420 g/mol. The Labute approximate surface area is 199 Å². The Morgan fingerprint density at radius 1 is 1.38 bits per heavy atom. The fraction of sp³-hybridized carbons (Fsp3) is 0.480. The molecular formula is C25H42N4O2S. The summed E-state index contributed by atoms with van der Waals surface area (Å²) in [4.78, 5) is 23.1. The number of hydrogen-bond donors (Lipinski definition) is 1. The van der Waals surface area contributed by atoms with Crippen LogP contribution in [0.4, 0.5) is 0 Å². The van der Waals surface area contributed by atoms with Gasteiger partial charge in [0, 0.05) is 43.9 Å². The number of piperazine rings is 1. The maximum absolute atomic E-state index is 12.9. The van der Waals surface area contributed by atoms with Crippen molar-refractivity contribution < 1.29 is 9.53 Å². The van der Waals surface area contributed by atoms with Crippen LogP contribution < -0.4 is 10.1 Å². The summed E-state index contributed by atoms with van der Waals surface area (Å²) in [5.74, 6) is 0.625. The molecule has 1 aromatic heterocycles. The van der Waals surface area contributed by atoms with Crippen LogP contribution in [0.3, 0.4) is 0 Å². The second-order valence-electron chi connectivity index (χ2n) is 5.84. The molecule has 0 saturated carbocycles. The van der Waals surface area contributed by atoms with E-state index in [0.717, 1.165) is 6.54 Å². The summed E-state index contributed by atoms with van der Waals surface area (Å²) in [5, 5.41) is 5.09. The molecule has 1 N–H and O–H groups in total. The van der Waals surface area contributed by atoms with E-state index in [-0.39, 0.29) is 11.9 Å². The van der Waals surface area contributed by atoms with Gasteiger partial charge in [0.05, 0.1) is 12.2 Å². The van der Waals surface area contributed by atoms with Gasteiger partial charge in [-0.25, -0.2) is 0 Å². The maximum Gasteiger partial charge on any atom is 0.273 e. The van der Waals surface area contributed by atoms with Gasteiger partial charge in [0.1, 0.15) is 18.1 Å². The van der Waals surface area contributed by atoms with E-state index in [1.165, 1.54) is 11.8 Å². The summed E-state index contributed by atoms with van der Waals surface area (Å²) in [7, 11) is 0. The molecule has 180 valence electrons. The third-order valence-electron chi connectivity index (χ3n) is 3.64. The Balaban J connectivity index is 0. The van der Waals surface area contributed by atoms with Gasteiger partial charge in [-0.3, -0.25) is 14.8 Å². The Morgan fingerprint density at radius 3 is 2.62 bits per heavy atom. The van der Waals surface area contributed by atoms with Crippen molar-refractivity contribution in [1.29, 1.82) is 0 Å². The molecule has 0 aromatic carbocycles. The van der Waals surface area contributed by atoms with Crippen LogP contribution in [-0.2, 0) is 4.79 Å². The molecule has 1 aromatic rings. The fourth-order valence-corrected chi connectivity index (χ4v) is 2.81. The minimum absolute atomic E-state index is 0.0543. The van der Waals surface area contributed by atoms with Crippen molar-refractivity contribution in [3.8, 4) is 5.75 Å². The molecule has 1 fully saturated rings. The molecule has 1 aliphatic rings. The van der Waals surface area contributed by atoms with Crippen LogP contribution in [0.15, 0.2) is 65.9 Å². The largest absolute Gasteiger partial charge is 0.490 e. The van der Waals surface area contributed by atoms with E-state index < -0.39 is 0 Å². The van der Waals surface area contributed by atoms with Gasteiger partial charge in [-0.1, -0.05) is 39.8 Å². The number of pyridine rings is 1. The number of allylic oxidation sites excluding steroid dienone is 2. The summed E-state index contributed by atoms with van der Waals surface area (Å²) >= 11 is 1.47. The molecule has 1 amide bonds. The van der Waals surface area contributed by atoms with Gasteiger partial charge in [0.15, 0.2) is 0 Å². The first-order chi connectivity index (χ1) is 15.7. The van der Waals surface area contributed by atoms with E-state index in [0.29, 0.717) is 37.6 Å². The molecule has 1 unspecified atom stereocenters. The van der Waals surface area contributed by atoms with E-state index in [4.69, 9.17) is 4.74 Å². The average molecular weight is 463 g/mol. The van der Waals surface area contributed by atoms with E-state index in [1.807, 2.05) is 57.9 Å². The van der Waals surface area contributed by atoms with Gasteiger partial charge in [0.2, 0.25) is 0 Å². The number of carbonyl (C=O) groups is 1. The van der Waals surface area contributed by atoms with Gasteiger partial charge in [-0.2, -0.15) is 0 Å². The maximum atomic E-state index is 12.9. The lowest BCUT2D eigenvalue weighted by molar-refractivity contribution is -0.130. The third-order valence-corrected chi connectivity index (χ3v) is 4.10. The number of carbonyl (C=O) groups excluding carboxylic acids is 1. The van der Waals surface area contributed by atoms with Gasteiger partial charge in [0.25, 0.3) is 5.91 Å². The summed E-state index contributed by atoms with van der Waals surface area (Å²) in [5.41, 5.74) is 0.447. The van der Waals surface area contributed by atoms with Crippen LogP contribution in [0.25, 0.3) is 0 Å². The number of aromatic nitrogens is 1. The number of rotatable bonds is 8. The predicted molar refractivity (Wildman–Crippen MR) is 142 cm³/mol. The summed E-state index contributed by atoms with van der Waals surface area (Å²) in [6.45, 7) is 19.4. The average Bonchev–Trinajstić information content (AvgIpc) is 2.86. The highest BCUT2D eigenvalue weighted by Crippen LogP contribution is 2.15. The minimum atomic E-state index is -0.0732. The second-order valence-corrected chi connectivity index (χ2v) is 6.55. The molecule has 2 rings (SSSR count). The highest BCUT2D eigenvalue weighted by atomic mass is 32.2. The Bertz CT molecular complexity index is 663. The Hall–Kier alpha value is -2.38. The van der Waals surface area contributed by atoms with E-state index >= 15 is 0 Å². The number of thioether (sulfide) groups is 1. The second kappa shape index (κ2) is 23.3. The molecule has 1 saturated heterocycles. The molecule has 7 heteroatoms. The first kappa shape index (κ1) is 31.8. The number of aliphatic imine (C=N–C) groups is 1. The van der Waals surface area contributed by atoms with Crippen molar-refractivity contribution >= 4 is 23.9 Å². The molecule has 0 aliphatic carbocycles. The minimum Gasteiger partial charge on any atom is -0.490 e. The SMILES string of the molecule is C=CC.C=CCC=N/C(=C\SC)C(=O)N1CCNCC1COc1cccnc1.CC.CC. The normalized spacial score (nSPS) is 15.1. The van der Waals surface area contributed by atoms with Gasteiger partial charge >= 0.3 is 0 Å². The zero-order valence-corrected chi connectivity index (χ0v) is 21.5. The number of nitrogens with one attached hydrogen (secondary N) is 1. The summed E-state index contributed by atoms with van der Waals surface area (Å²) < 4.78 is 5.79. The highest BCUT2D eigenvalue weighted by molar-refractivity contribution is 8.01. The van der Waals surface area contributed by atoms with Gasteiger partial charge < -0.3 is 15.0 Å². The number of nitrogens with zero attached hydrogens (tertiary/aromatic N) is 3. The lowest BCUT2D eigenvalue weighted by atomic mass is 10.2. The van der Waals surface area contributed by atoms with Crippen molar-refractivity contribution in [3.63, 3.8) is 0 Å². The zero-order chi connectivity index (χ0) is 24.6.